The molecule has 2 heterocycles. The zero-order valence-corrected chi connectivity index (χ0v) is 17.6. The highest BCUT2D eigenvalue weighted by Crippen LogP contribution is 2.31. The minimum atomic E-state index is -0.182. The fourth-order valence-corrected chi connectivity index (χ4v) is 4.38. The largest absolute Gasteiger partial charge is 0.392 e. The Morgan fingerprint density at radius 2 is 1.77 bits per heavy atom. The number of aliphatic hydroxyl groups excluding tert-OH is 1. The van der Waals surface area contributed by atoms with Crippen molar-refractivity contribution in [1.29, 1.82) is 0 Å². The predicted octanol–water partition coefficient (Wildman–Crippen LogP) is 1.26. The van der Waals surface area contributed by atoms with Gasteiger partial charge in [0.25, 0.3) is 5.91 Å². The maximum atomic E-state index is 12.3. The van der Waals surface area contributed by atoms with Crippen molar-refractivity contribution in [2.45, 2.75) is 38.4 Å². The van der Waals surface area contributed by atoms with E-state index in [0.29, 0.717) is 24.6 Å². The van der Waals surface area contributed by atoms with Crippen LogP contribution in [0.15, 0.2) is 24.3 Å². The van der Waals surface area contributed by atoms with Gasteiger partial charge in [0, 0.05) is 31.7 Å². The molecule has 2 amide bonds. The molecule has 3 fully saturated rings. The molecular formula is C23H33N3O4. The Balaban J connectivity index is 1.21. The standard InChI is InChI=1S/C23H33N3O4/c27-15-19-3-5-20(6-4-19)23(29)24-11-21-14-26(22(28)16-30-21)13-18-7-9-25(10-8-18)12-17-1-2-17/h3-6,17-18,21,27H,1-2,7-16H2,(H,24,29)/t21-/m1/s1. The molecule has 0 aromatic heterocycles. The summed E-state index contributed by atoms with van der Waals surface area (Å²) in [6.07, 6.45) is 4.92. The Labute approximate surface area is 178 Å². The fourth-order valence-electron chi connectivity index (χ4n) is 4.38. The van der Waals surface area contributed by atoms with Crippen molar-refractivity contribution in [3.8, 4) is 0 Å². The molecule has 0 bridgehead atoms. The second-order valence-electron chi connectivity index (χ2n) is 8.98. The molecule has 1 saturated carbocycles. The molecule has 7 heteroatoms. The maximum Gasteiger partial charge on any atom is 0.251 e. The monoisotopic (exact) mass is 415 g/mol. The van der Waals surface area contributed by atoms with E-state index in [1.165, 1.54) is 19.4 Å². The molecule has 2 aliphatic heterocycles. The quantitative estimate of drug-likeness (QED) is 0.668. The van der Waals surface area contributed by atoms with Crippen molar-refractivity contribution in [2.75, 3.05) is 45.9 Å². The van der Waals surface area contributed by atoms with E-state index in [2.05, 4.69) is 10.2 Å². The summed E-state index contributed by atoms with van der Waals surface area (Å²) in [6, 6.07) is 6.88. The van der Waals surface area contributed by atoms with Gasteiger partial charge in [-0.05, 0) is 68.3 Å². The molecule has 0 spiro atoms. The summed E-state index contributed by atoms with van der Waals surface area (Å²) in [4.78, 5) is 29.2. The predicted molar refractivity (Wildman–Crippen MR) is 113 cm³/mol. The number of hydrogen-bond acceptors (Lipinski definition) is 5. The number of carbonyl (C=O) groups is 2. The van der Waals surface area contributed by atoms with Gasteiger partial charge < -0.3 is 25.0 Å². The van der Waals surface area contributed by atoms with Crippen LogP contribution in [0.25, 0.3) is 0 Å². The zero-order valence-electron chi connectivity index (χ0n) is 17.6. The number of ether oxygens (including phenoxy) is 1. The minimum Gasteiger partial charge on any atom is -0.392 e. The normalized spacial score (nSPS) is 23.6. The minimum absolute atomic E-state index is 0.0405. The van der Waals surface area contributed by atoms with Crippen LogP contribution in [0, 0.1) is 11.8 Å². The van der Waals surface area contributed by atoms with Crippen LogP contribution in [-0.4, -0.2) is 78.7 Å². The summed E-state index contributed by atoms with van der Waals surface area (Å²) in [7, 11) is 0. The summed E-state index contributed by atoms with van der Waals surface area (Å²) in [5.74, 6) is 1.38. The fraction of sp³-hybridized carbons (Fsp3) is 0.652. The Bertz CT molecular complexity index is 726. The first-order chi connectivity index (χ1) is 14.6. The van der Waals surface area contributed by atoms with E-state index in [4.69, 9.17) is 9.84 Å². The van der Waals surface area contributed by atoms with Crippen molar-refractivity contribution in [1.82, 2.24) is 15.1 Å². The summed E-state index contributed by atoms with van der Waals surface area (Å²) in [5, 5.41) is 12.0. The van der Waals surface area contributed by atoms with Crippen LogP contribution in [0.5, 0.6) is 0 Å². The van der Waals surface area contributed by atoms with Crippen LogP contribution >= 0.6 is 0 Å². The molecule has 1 aliphatic carbocycles. The van der Waals surface area contributed by atoms with Crippen LogP contribution in [0.2, 0.25) is 0 Å². The van der Waals surface area contributed by atoms with E-state index >= 15 is 0 Å². The molecule has 164 valence electrons. The van der Waals surface area contributed by atoms with Gasteiger partial charge in [0.05, 0.1) is 12.7 Å². The molecule has 3 aliphatic rings. The highest BCUT2D eigenvalue weighted by atomic mass is 16.5. The number of piperidine rings is 1. The van der Waals surface area contributed by atoms with Gasteiger partial charge in [0.15, 0.2) is 0 Å². The van der Waals surface area contributed by atoms with E-state index in [-0.39, 0.29) is 31.1 Å². The lowest BCUT2D eigenvalue weighted by Crippen LogP contribution is -2.52. The highest BCUT2D eigenvalue weighted by Gasteiger charge is 2.31. The average molecular weight is 416 g/mol. The van der Waals surface area contributed by atoms with Crippen molar-refractivity contribution in [3.05, 3.63) is 35.4 Å². The number of amides is 2. The van der Waals surface area contributed by atoms with E-state index in [9.17, 15) is 9.59 Å². The number of morpholine rings is 1. The lowest BCUT2D eigenvalue weighted by Gasteiger charge is -2.38. The molecule has 30 heavy (non-hydrogen) atoms. The summed E-state index contributed by atoms with van der Waals surface area (Å²) in [5.41, 5.74) is 1.32. The first-order valence-electron chi connectivity index (χ1n) is 11.2. The summed E-state index contributed by atoms with van der Waals surface area (Å²) >= 11 is 0. The SMILES string of the molecule is O=C(NC[C@@H]1CN(CC2CCN(CC3CC3)CC2)C(=O)CO1)c1ccc(CO)cc1. The van der Waals surface area contributed by atoms with Gasteiger partial charge in [-0.1, -0.05) is 12.1 Å². The Morgan fingerprint density at radius 3 is 2.43 bits per heavy atom. The van der Waals surface area contributed by atoms with Gasteiger partial charge >= 0.3 is 0 Å². The van der Waals surface area contributed by atoms with Crippen molar-refractivity contribution < 1.29 is 19.4 Å². The third-order valence-electron chi connectivity index (χ3n) is 6.51. The lowest BCUT2D eigenvalue weighted by atomic mass is 9.95. The van der Waals surface area contributed by atoms with Gasteiger partial charge in [0.2, 0.25) is 5.91 Å². The maximum absolute atomic E-state index is 12.3. The van der Waals surface area contributed by atoms with Gasteiger partial charge in [-0.15, -0.1) is 0 Å². The molecule has 1 aromatic carbocycles. The molecule has 4 rings (SSSR count). The number of benzene rings is 1. The Morgan fingerprint density at radius 1 is 1.07 bits per heavy atom. The smallest absolute Gasteiger partial charge is 0.251 e. The molecule has 0 radical (unpaired) electrons. The zero-order chi connectivity index (χ0) is 20.9. The Hall–Kier alpha value is -1.96. The van der Waals surface area contributed by atoms with Crippen molar-refractivity contribution in [2.24, 2.45) is 11.8 Å². The second-order valence-corrected chi connectivity index (χ2v) is 8.98. The molecule has 2 N–H and O–H groups in total. The third-order valence-corrected chi connectivity index (χ3v) is 6.51. The molecule has 7 nitrogen and oxygen atoms in total. The van der Waals surface area contributed by atoms with E-state index < -0.39 is 0 Å². The van der Waals surface area contributed by atoms with Crippen LogP contribution in [0.1, 0.15) is 41.6 Å². The van der Waals surface area contributed by atoms with E-state index in [1.807, 2.05) is 4.90 Å². The lowest BCUT2D eigenvalue weighted by molar-refractivity contribution is -0.149. The first kappa shape index (κ1) is 21.3. The molecule has 1 aromatic rings. The molecule has 2 saturated heterocycles. The summed E-state index contributed by atoms with van der Waals surface area (Å²) < 4.78 is 5.65. The van der Waals surface area contributed by atoms with Crippen LogP contribution in [0.4, 0.5) is 0 Å². The topological polar surface area (TPSA) is 82.1 Å². The van der Waals surface area contributed by atoms with Crippen molar-refractivity contribution >= 4 is 11.8 Å². The first-order valence-corrected chi connectivity index (χ1v) is 11.2. The Kier molecular flexibility index (Phi) is 7.02. The van der Waals surface area contributed by atoms with Crippen LogP contribution in [-0.2, 0) is 16.1 Å². The third kappa shape index (κ3) is 5.80. The number of carbonyl (C=O) groups excluding carboxylic acids is 2. The van der Waals surface area contributed by atoms with Gasteiger partial charge in [0.1, 0.15) is 6.61 Å². The van der Waals surface area contributed by atoms with Crippen LogP contribution in [0.3, 0.4) is 0 Å². The van der Waals surface area contributed by atoms with Crippen molar-refractivity contribution in [3.63, 3.8) is 0 Å². The highest BCUT2D eigenvalue weighted by molar-refractivity contribution is 5.94. The molecular weight excluding hydrogens is 382 g/mol. The van der Waals surface area contributed by atoms with E-state index in [1.54, 1.807) is 24.3 Å². The summed E-state index contributed by atoms with van der Waals surface area (Å²) in [6.45, 7) is 5.31. The number of likely N-dealkylation sites (tertiary alicyclic amines) is 1. The van der Waals surface area contributed by atoms with Gasteiger partial charge in [-0.3, -0.25) is 9.59 Å². The van der Waals surface area contributed by atoms with Gasteiger partial charge in [-0.25, -0.2) is 0 Å². The average Bonchev–Trinajstić information content (AvgIpc) is 3.59. The second kappa shape index (κ2) is 9.90. The van der Waals surface area contributed by atoms with E-state index in [0.717, 1.165) is 44.0 Å². The number of nitrogens with zero attached hydrogens (tertiary/aromatic N) is 2. The number of nitrogens with one attached hydrogen (secondary N) is 1. The van der Waals surface area contributed by atoms with Crippen LogP contribution < -0.4 is 5.32 Å². The number of rotatable bonds is 8. The van der Waals surface area contributed by atoms with Gasteiger partial charge in [-0.2, -0.15) is 0 Å². The number of hydrogen-bond donors (Lipinski definition) is 2. The molecule has 0 unspecified atom stereocenters. The number of aliphatic hydroxyl groups is 1. The molecule has 1 atom stereocenters.